The van der Waals surface area contributed by atoms with Crippen molar-refractivity contribution in [2.75, 3.05) is 6.54 Å². The third-order valence-electron chi connectivity index (χ3n) is 5.10. The Bertz CT molecular complexity index is 363. The Balaban J connectivity index is 2.59. The maximum atomic E-state index is 12.2. The van der Waals surface area contributed by atoms with Crippen LogP contribution in [0.3, 0.4) is 0 Å². The van der Waals surface area contributed by atoms with Crippen molar-refractivity contribution in [3.63, 3.8) is 0 Å². The maximum Gasteiger partial charge on any atom is 0.310 e. The number of hydrogen-bond acceptors (Lipinski definition) is 2. The van der Waals surface area contributed by atoms with Gasteiger partial charge in [0.05, 0.1) is 5.41 Å². The topological polar surface area (TPSA) is 66.4 Å². The van der Waals surface area contributed by atoms with E-state index in [4.69, 9.17) is 0 Å². The molecule has 0 aliphatic heterocycles. The van der Waals surface area contributed by atoms with Crippen LogP contribution in [0.1, 0.15) is 72.6 Å². The molecule has 1 atom stereocenters. The lowest BCUT2D eigenvalue weighted by atomic mass is 9.77. The van der Waals surface area contributed by atoms with Crippen molar-refractivity contribution < 1.29 is 14.7 Å². The van der Waals surface area contributed by atoms with Gasteiger partial charge in [-0.05, 0) is 24.2 Å². The Hall–Kier alpha value is -1.06. The number of carboxylic acid groups (broad SMARTS) is 1. The van der Waals surface area contributed by atoms with Crippen LogP contribution in [0.5, 0.6) is 0 Å². The third-order valence-corrected chi connectivity index (χ3v) is 5.10. The number of carboxylic acids is 1. The summed E-state index contributed by atoms with van der Waals surface area (Å²) in [6.07, 6.45) is 5.37. The molecular weight excluding hydrogens is 266 g/mol. The lowest BCUT2D eigenvalue weighted by molar-refractivity contribution is -0.153. The van der Waals surface area contributed by atoms with E-state index in [0.29, 0.717) is 25.3 Å². The Morgan fingerprint density at radius 3 is 2.10 bits per heavy atom. The van der Waals surface area contributed by atoms with Crippen LogP contribution in [-0.4, -0.2) is 23.5 Å². The van der Waals surface area contributed by atoms with Gasteiger partial charge in [0.2, 0.25) is 5.91 Å². The van der Waals surface area contributed by atoms with E-state index in [9.17, 15) is 14.7 Å². The molecule has 122 valence electrons. The molecule has 1 rings (SSSR count). The van der Waals surface area contributed by atoms with Crippen molar-refractivity contribution in [3.8, 4) is 0 Å². The second-order valence-corrected chi connectivity index (χ2v) is 7.75. The highest BCUT2D eigenvalue weighted by atomic mass is 16.4. The van der Waals surface area contributed by atoms with Gasteiger partial charge >= 0.3 is 5.97 Å². The molecule has 0 aromatic heterocycles. The van der Waals surface area contributed by atoms with Crippen LogP contribution in [0.25, 0.3) is 0 Å². The molecule has 0 aromatic carbocycles. The van der Waals surface area contributed by atoms with Gasteiger partial charge in [-0.15, -0.1) is 0 Å². The molecule has 4 heteroatoms. The molecule has 0 spiro atoms. The van der Waals surface area contributed by atoms with Crippen molar-refractivity contribution in [3.05, 3.63) is 0 Å². The molecule has 1 aliphatic rings. The molecule has 21 heavy (non-hydrogen) atoms. The fourth-order valence-electron chi connectivity index (χ4n) is 2.81. The number of hydrogen-bond donors (Lipinski definition) is 2. The van der Waals surface area contributed by atoms with Gasteiger partial charge in [-0.25, -0.2) is 0 Å². The summed E-state index contributed by atoms with van der Waals surface area (Å²) >= 11 is 0. The minimum absolute atomic E-state index is 0.115. The average molecular weight is 297 g/mol. The van der Waals surface area contributed by atoms with Gasteiger partial charge in [0, 0.05) is 13.0 Å². The predicted octanol–water partition coefficient (Wildman–Crippen LogP) is 3.60. The zero-order valence-electron chi connectivity index (χ0n) is 14.0. The summed E-state index contributed by atoms with van der Waals surface area (Å²) in [4.78, 5) is 23.9. The van der Waals surface area contributed by atoms with Crippen LogP contribution in [-0.2, 0) is 9.59 Å². The largest absolute Gasteiger partial charge is 0.481 e. The zero-order valence-corrected chi connectivity index (χ0v) is 14.0. The van der Waals surface area contributed by atoms with Crippen molar-refractivity contribution in [1.82, 2.24) is 5.32 Å². The van der Waals surface area contributed by atoms with E-state index in [1.165, 1.54) is 0 Å². The summed E-state index contributed by atoms with van der Waals surface area (Å²) in [5.74, 6) is -0.560. The number of nitrogens with one attached hydrogen (secondary N) is 1. The molecule has 2 N–H and O–H groups in total. The van der Waals surface area contributed by atoms with Crippen molar-refractivity contribution >= 4 is 11.9 Å². The Morgan fingerprint density at radius 1 is 1.14 bits per heavy atom. The van der Waals surface area contributed by atoms with Crippen molar-refractivity contribution in [2.24, 2.45) is 16.7 Å². The second-order valence-electron chi connectivity index (χ2n) is 7.75. The highest BCUT2D eigenvalue weighted by Gasteiger charge is 2.40. The first kappa shape index (κ1) is 18.0. The van der Waals surface area contributed by atoms with E-state index in [0.717, 1.165) is 25.7 Å². The lowest BCUT2D eigenvalue weighted by Gasteiger charge is -2.30. The molecule has 1 fully saturated rings. The molecule has 0 heterocycles. The third kappa shape index (κ3) is 5.33. The summed E-state index contributed by atoms with van der Waals surface area (Å²) in [7, 11) is 0. The molecule has 4 nitrogen and oxygen atoms in total. The number of amides is 1. The summed E-state index contributed by atoms with van der Waals surface area (Å²) in [5, 5.41) is 12.5. The Morgan fingerprint density at radius 2 is 1.67 bits per heavy atom. The normalized spacial score (nSPS) is 20.4. The van der Waals surface area contributed by atoms with Crippen LogP contribution in [0.15, 0.2) is 0 Å². The van der Waals surface area contributed by atoms with Gasteiger partial charge in [-0.3, -0.25) is 9.59 Å². The Labute approximate surface area is 128 Å². The molecule has 0 radical (unpaired) electrons. The quantitative estimate of drug-likeness (QED) is 0.762. The first-order valence-corrected chi connectivity index (χ1v) is 8.17. The van der Waals surface area contributed by atoms with Crippen LogP contribution >= 0.6 is 0 Å². The van der Waals surface area contributed by atoms with E-state index in [2.05, 4.69) is 33.0 Å². The minimum Gasteiger partial charge on any atom is -0.481 e. The van der Waals surface area contributed by atoms with Gasteiger partial charge in [-0.1, -0.05) is 53.4 Å². The van der Waals surface area contributed by atoms with Gasteiger partial charge in [0.25, 0.3) is 0 Å². The summed E-state index contributed by atoms with van der Waals surface area (Å²) < 4.78 is 0. The summed E-state index contributed by atoms with van der Waals surface area (Å²) in [6, 6.07) is 0. The molecular formula is C17H31NO3. The first-order chi connectivity index (χ1) is 9.67. The van der Waals surface area contributed by atoms with Crippen LogP contribution in [0.4, 0.5) is 0 Å². The second kappa shape index (κ2) is 7.28. The van der Waals surface area contributed by atoms with Crippen LogP contribution in [0, 0.1) is 16.7 Å². The number of carbonyl (C=O) groups excluding carboxylic acids is 1. The molecule has 0 aromatic rings. The van der Waals surface area contributed by atoms with E-state index in [1.54, 1.807) is 0 Å². The number of carbonyl (C=O) groups is 2. The molecule has 0 bridgehead atoms. The highest BCUT2D eigenvalue weighted by molar-refractivity contribution is 5.85. The van der Waals surface area contributed by atoms with E-state index < -0.39 is 11.4 Å². The van der Waals surface area contributed by atoms with Crippen LogP contribution in [0.2, 0.25) is 0 Å². The summed E-state index contributed by atoms with van der Waals surface area (Å²) in [5.41, 5.74) is -0.703. The van der Waals surface area contributed by atoms with Gasteiger partial charge in [0.15, 0.2) is 0 Å². The van der Waals surface area contributed by atoms with Gasteiger partial charge < -0.3 is 10.4 Å². The van der Waals surface area contributed by atoms with Crippen molar-refractivity contribution in [2.45, 2.75) is 72.6 Å². The monoisotopic (exact) mass is 297 g/mol. The Kier molecular flexibility index (Phi) is 6.24. The standard InChI is InChI=1S/C17H31NO3/c1-13(16(2,3)4)12-18-14(19)11-17(15(20)21)9-7-5-6-8-10-17/h13H,5-12H2,1-4H3,(H,18,19)(H,20,21). The number of aliphatic carboxylic acids is 1. The predicted molar refractivity (Wildman–Crippen MR) is 84.0 cm³/mol. The van der Waals surface area contributed by atoms with Crippen molar-refractivity contribution in [1.29, 1.82) is 0 Å². The van der Waals surface area contributed by atoms with E-state index in [-0.39, 0.29) is 17.7 Å². The smallest absolute Gasteiger partial charge is 0.310 e. The SMILES string of the molecule is CC(CNC(=O)CC1(C(=O)O)CCCCCC1)C(C)(C)C. The van der Waals surface area contributed by atoms with E-state index >= 15 is 0 Å². The maximum absolute atomic E-state index is 12.2. The molecule has 1 amide bonds. The molecule has 1 aliphatic carbocycles. The van der Waals surface area contributed by atoms with Gasteiger partial charge in [-0.2, -0.15) is 0 Å². The first-order valence-electron chi connectivity index (χ1n) is 8.17. The lowest BCUT2D eigenvalue weighted by Crippen LogP contribution is -2.40. The fourth-order valence-corrected chi connectivity index (χ4v) is 2.81. The fraction of sp³-hybridized carbons (Fsp3) is 0.882. The number of rotatable bonds is 5. The minimum atomic E-state index is -0.842. The highest BCUT2D eigenvalue weighted by Crippen LogP contribution is 2.38. The average Bonchev–Trinajstić information content (AvgIpc) is 2.61. The summed E-state index contributed by atoms with van der Waals surface area (Å²) in [6.45, 7) is 9.16. The van der Waals surface area contributed by atoms with Gasteiger partial charge in [0.1, 0.15) is 0 Å². The van der Waals surface area contributed by atoms with Crippen LogP contribution < -0.4 is 5.32 Å². The van der Waals surface area contributed by atoms with E-state index in [1.807, 2.05) is 0 Å². The molecule has 1 unspecified atom stereocenters. The molecule has 0 saturated heterocycles. The molecule has 1 saturated carbocycles. The zero-order chi connectivity index (χ0) is 16.1.